The number of hydrogen-bond donors (Lipinski definition) is 1. The second-order valence-corrected chi connectivity index (χ2v) is 6.10. The van der Waals surface area contributed by atoms with Crippen molar-refractivity contribution in [3.63, 3.8) is 0 Å². The molecule has 0 aliphatic carbocycles. The van der Waals surface area contributed by atoms with Crippen molar-refractivity contribution in [3.8, 4) is 5.75 Å². The van der Waals surface area contributed by atoms with Gasteiger partial charge < -0.3 is 9.84 Å². The van der Waals surface area contributed by atoms with Crippen LogP contribution >= 0.6 is 0 Å². The highest BCUT2D eigenvalue weighted by atomic mass is 19.3. The number of halogens is 4. The molecular weight excluding hydrogens is 418 g/mol. The molecule has 0 fully saturated rings. The van der Waals surface area contributed by atoms with Crippen molar-refractivity contribution in [2.75, 3.05) is 0 Å². The van der Waals surface area contributed by atoms with Gasteiger partial charge in [0, 0.05) is 18.7 Å². The monoisotopic (exact) mass is 431 g/mol. The minimum absolute atomic E-state index is 0.0799. The Morgan fingerprint density at radius 3 is 2.63 bits per heavy atom. The van der Waals surface area contributed by atoms with Gasteiger partial charge in [0.15, 0.2) is 18.2 Å². The van der Waals surface area contributed by atoms with Gasteiger partial charge >= 0.3 is 5.69 Å². The zero-order valence-corrected chi connectivity index (χ0v) is 14.9. The Kier molecular flexibility index (Phi) is 5.69. The van der Waals surface area contributed by atoms with E-state index in [1.807, 2.05) is 0 Å². The third-order valence-corrected chi connectivity index (χ3v) is 4.10. The largest absolute Gasteiger partial charge is 0.464 e. The zero-order chi connectivity index (χ0) is 22.1. The van der Waals surface area contributed by atoms with E-state index in [0.29, 0.717) is 0 Å². The average molecular weight is 431 g/mol. The highest BCUT2D eigenvalue weighted by Gasteiger charge is 2.53. The van der Waals surface area contributed by atoms with Crippen molar-refractivity contribution in [1.29, 1.82) is 0 Å². The van der Waals surface area contributed by atoms with E-state index < -0.39 is 47.2 Å². The van der Waals surface area contributed by atoms with Gasteiger partial charge in [0.05, 0.1) is 4.92 Å². The minimum atomic E-state index is -3.56. The van der Waals surface area contributed by atoms with Crippen LogP contribution in [0.1, 0.15) is 16.9 Å². The van der Waals surface area contributed by atoms with Crippen LogP contribution < -0.4 is 4.74 Å². The van der Waals surface area contributed by atoms with Crippen LogP contribution in [0.4, 0.5) is 23.2 Å². The van der Waals surface area contributed by atoms with Gasteiger partial charge in [0.25, 0.3) is 18.8 Å². The summed E-state index contributed by atoms with van der Waals surface area (Å²) in [5.74, 6) is -1.42. The van der Waals surface area contributed by atoms with Crippen molar-refractivity contribution < 1.29 is 37.1 Å². The lowest BCUT2D eigenvalue weighted by Gasteiger charge is -2.29. The molecule has 0 saturated heterocycles. The number of nitro benzene ring substituents is 1. The molecule has 30 heavy (non-hydrogen) atoms. The molecule has 1 amide bonds. The fraction of sp³-hybridized carbons (Fsp3) is 0.312. The molecule has 0 spiro atoms. The third kappa shape index (κ3) is 3.94. The van der Waals surface area contributed by atoms with E-state index in [-0.39, 0.29) is 23.2 Å². The van der Waals surface area contributed by atoms with Crippen molar-refractivity contribution >= 4 is 17.3 Å². The number of aromatic nitrogens is 2. The lowest BCUT2D eigenvalue weighted by atomic mass is 10.1. The lowest BCUT2D eigenvalue weighted by Crippen LogP contribution is -2.51. The summed E-state index contributed by atoms with van der Waals surface area (Å²) in [5, 5.41) is 27.7. The Hall–Kier alpha value is -3.55. The Morgan fingerprint density at radius 2 is 2.00 bits per heavy atom. The standard InChI is InChI=1S/C16H13F4N5O5/c17-13(18)10-7-16(27,15(19)20)24(22-10)14(26)9-5-6-23(21-9)8-30-12-4-2-1-3-11(12)25(28)29/h1-6,13,15,27H,7-8H2/t16-/m1/s1. The van der Waals surface area contributed by atoms with Crippen LogP contribution in [0.2, 0.25) is 0 Å². The zero-order valence-electron chi connectivity index (χ0n) is 14.9. The van der Waals surface area contributed by atoms with Crippen LogP contribution in [0, 0.1) is 10.1 Å². The Balaban J connectivity index is 1.77. The first-order valence-corrected chi connectivity index (χ1v) is 8.23. The lowest BCUT2D eigenvalue weighted by molar-refractivity contribution is -0.386. The van der Waals surface area contributed by atoms with Gasteiger partial charge in [-0.1, -0.05) is 12.1 Å². The van der Waals surface area contributed by atoms with Crippen LogP contribution in [0.15, 0.2) is 41.6 Å². The third-order valence-electron chi connectivity index (χ3n) is 4.10. The number of benzene rings is 1. The van der Waals surface area contributed by atoms with E-state index >= 15 is 0 Å². The number of nitro groups is 1. The van der Waals surface area contributed by atoms with Crippen molar-refractivity contribution in [1.82, 2.24) is 14.8 Å². The number of nitrogens with zero attached hydrogens (tertiary/aromatic N) is 5. The molecule has 160 valence electrons. The van der Waals surface area contributed by atoms with Gasteiger partial charge in [-0.05, 0) is 12.1 Å². The van der Waals surface area contributed by atoms with Gasteiger partial charge in [-0.25, -0.2) is 22.2 Å². The first-order chi connectivity index (χ1) is 14.1. The van der Waals surface area contributed by atoms with Crippen molar-refractivity contribution in [3.05, 3.63) is 52.3 Å². The molecule has 3 rings (SSSR count). The number of alkyl halides is 4. The number of hydrazone groups is 1. The quantitative estimate of drug-likeness (QED) is 0.408. The van der Waals surface area contributed by atoms with Gasteiger partial charge in [-0.15, -0.1) is 0 Å². The van der Waals surface area contributed by atoms with Gasteiger partial charge in [-0.2, -0.15) is 15.2 Å². The highest BCUT2D eigenvalue weighted by molar-refractivity contribution is 5.97. The molecule has 1 atom stereocenters. The number of aliphatic hydroxyl groups is 1. The topological polar surface area (TPSA) is 123 Å². The van der Waals surface area contributed by atoms with E-state index in [1.165, 1.54) is 30.5 Å². The van der Waals surface area contributed by atoms with Crippen LogP contribution in [0.25, 0.3) is 0 Å². The van der Waals surface area contributed by atoms with E-state index in [0.717, 1.165) is 10.7 Å². The second kappa shape index (κ2) is 8.06. The van der Waals surface area contributed by atoms with Crippen molar-refractivity contribution in [2.45, 2.75) is 31.7 Å². The number of para-hydroxylation sites is 2. The molecule has 1 aliphatic rings. The number of carbonyl (C=O) groups is 1. The summed E-state index contributed by atoms with van der Waals surface area (Å²) in [6.07, 6.45) is -6.82. The molecule has 1 aliphatic heterocycles. The molecular formula is C16H13F4N5O5. The molecule has 0 bridgehead atoms. The first-order valence-electron chi connectivity index (χ1n) is 8.23. The van der Waals surface area contributed by atoms with E-state index in [1.54, 1.807) is 0 Å². The SMILES string of the molecule is O=C(c1ccn(COc2ccccc2[N+](=O)[O-])n1)N1N=C(C(F)F)C[C@@]1(O)C(F)F. The van der Waals surface area contributed by atoms with Crippen LogP contribution in [-0.2, 0) is 6.73 Å². The summed E-state index contributed by atoms with van der Waals surface area (Å²) in [4.78, 5) is 22.7. The number of amides is 1. The maximum atomic E-state index is 13.2. The first kappa shape index (κ1) is 21.2. The predicted molar refractivity (Wildman–Crippen MR) is 91.1 cm³/mol. The van der Waals surface area contributed by atoms with E-state index in [4.69, 9.17) is 4.74 Å². The van der Waals surface area contributed by atoms with Crippen LogP contribution in [0.3, 0.4) is 0 Å². The normalized spacial score (nSPS) is 18.8. The van der Waals surface area contributed by atoms with E-state index in [9.17, 15) is 37.6 Å². The molecule has 2 heterocycles. The Morgan fingerprint density at radius 1 is 1.30 bits per heavy atom. The number of hydrogen-bond acceptors (Lipinski definition) is 7. The van der Waals surface area contributed by atoms with Crippen LogP contribution in [0.5, 0.6) is 5.75 Å². The fourth-order valence-electron chi connectivity index (χ4n) is 2.63. The summed E-state index contributed by atoms with van der Waals surface area (Å²) in [7, 11) is 0. The Bertz CT molecular complexity index is 998. The molecule has 0 radical (unpaired) electrons. The van der Waals surface area contributed by atoms with E-state index in [2.05, 4.69) is 10.2 Å². The van der Waals surface area contributed by atoms with Gasteiger partial charge in [0.1, 0.15) is 5.71 Å². The molecule has 10 nitrogen and oxygen atoms in total. The average Bonchev–Trinajstić information content (AvgIpc) is 3.31. The molecule has 1 aromatic carbocycles. The minimum Gasteiger partial charge on any atom is -0.464 e. The van der Waals surface area contributed by atoms with Gasteiger partial charge in [-0.3, -0.25) is 14.9 Å². The molecule has 1 aromatic heterocycles. The molecule has 0 saturated carbocycles. The maximum Gasteiger partial charge on any atom is 0.311 e. The fourth-order valence-corrected chi connectivity index (χ4v) is 2.63. The summed E-state index contributed by atoms with van der Waals surface area (Å²) in [6.45, 7) is -0.386. The van der Waals surface area contributed by atoms with Crippen molar-refractivity contribution in [2.24, 2.45) is 5.10 Å². The summed E-state index contributed by atoms with van der Waals surface area (Å²) in [6, 6.07) is 6.54. The summed E-state index contributed by atoms with van der Waals surface area (Å²) in [5.41, 5.74) is -5.09. The number of rotatable bonds is 7. The number of ether oxygens (including phenoxy) is 1. The summed E-state index contributed by atoms with van der Waals surface area (Å²) < 4.78 is 58.4. The predicted octanol–water partition coefficient (Wildman–Crippen LogP) is 2.25. The molecule has 0 unspecified atom stereocenters. The molecule has 2 aromatic rings. The highest BCUT2D eigenvalue weighted by Crippen LogP contribution is 2.34. The summed E-state index contributed by atoms with van der Waals surface area (Å²) >= 11 is 0. The number of carbonyl (C=O) groups excluding carboxylic acids is 1. The second-order valence-electron chi connectivity index (χ2n) is 6.10. The smallest absolute Gasteiger partial charge is 0.311 e. The Labute approximate surface area is 165 Å². The maximum absolute atomic E-state index is 13.2. The van der Waals surface area contributed by atoms with Crippen LogP contribution in [-0.4, -0.2) is 55.0 Å². The van der Waals surface area contributed by atoms with Gasteiger partial charge in [0.2, 0.25) is 5.72 Å². The molecule has 1 N–H and O–H groups in total. The molecule has 14 heteroatoms.